The van der Waals surface area contributed by atoms with Crippen LogP contribution in [0.25, 0.3) is 0 Å². The van der Waals surface area contributed by atoms with E-state index in [4.69, 9.17) is 4.42 Å². The molecule has 8 nitrogen and oxygen atoms in total. The molecule has 0 bridgehead atoms. The molecule has 2 atom stereocenters. The number of fused-ring (bicyclic) bond motifs is 1. The molecule has 1 aliphatic rings. The zero-order valence-corrected chi connectivity index (χ0v) is 20.9. The highest BCUT2D eigenvalue weighted by molar-refractivity contribution is 7.92. The SMILES string of the molecule is CC(C)(O)c1nnc(C[C@@H]2CCc3cc(C(C)(O)C(F)(F)F)ccc3N2S(=O)(=O)c2ccc(F)cc2)o1. The summed E-state index contributed by atoms with van der Waals surface area (Å²) >= 11 is 0. The molecule has 2 aromatic carbocycles. The Morgan fingerprint density at radius 2 is 1.70 bits per heavy atom. The lowest BCUT2D eigenvalue weighted by molar-refractivity contribution is -0.258. The van der Waals surface area contributed by atoms with E-state index in [1.54, 1.807) is 0 Å². The smallest absolute Gasteiger partial charge is 0.421 e. The van der Waals surface area contributed by atoms with E-state index in [1.165, 1.54) is 19.9 Å². The Morgan fingerprint density at radius 1 is 1.05 bits per heavy atom. The number of benzene rings is 2. The molecule has 2 heterocycles. The van der Waals surface area contributed by atoms with Gasteiger partial charge in [-0.25, -0.2) is 12.8 Å². The summed E-state index contributed by atoms with van der Waals surface area (Å²) in [5.41, 5.74) is -4.59. The fourth-order valence-corrected chi connectivity index (χ4v) is 5.84. The van der Waals surface area contributed by atoms with E-state index >= 15 is 0 Å². The second kappa shape index (κ2) is 9.07. The molecule has 0 radical (unpaired) electrons. The number of alkyl halides is 3. The monoisotopic (exact) mass is 543 g/mol. The van der Waals surface area contributed by atoms with Gasteiger partial charge < -0.3 is 14.6 Å². The minimum atomic E-state index is -4.95. The van der Waals surface area contributed by atoms with Crippen molar-refractivity contribution in [3.63, 3.8) is 0 Å². The maximum atomic E-state index is 13.7. The van der Waals surface area contributed by atoms with Crippen LogP contribution in [-0.2, 0) is 34.1 Å². The van der Waals surface area contributed by atoms with Crippen LogP contribution in [0.3, 0.4) is 0 Å². The normalized spacial score (nSPS) is 18.4. The third kappa shape index (κ3) is 5.07. The van der Waals surface area contributed by atoms with Gasteiger partial charge in [0.2, 0.25) is 11.8 Å². The molecule has 2 N–H and O–H groups in total. The van der Waals surface area contributed by atoms with E-state index in [0.29, 0.717) is 6.92 Å². The fourth-order valence-electron chi connectivity index (χ4n) is 4.12. The molecule has 0 amide bonds. The molecule has 4 rings (SSSR count). The first kappa shape index (κ1) is 27.0. The minimum absolute atomic E-state index is 0.0506. The topological polar surface area (TPSA) is 117 Å². The molecule has 200 valence electrons. The summed E-state index contributed by atoms with van der Waals surface area (Å²) < 4.78 is 87.8. The standard InChI is InChI=1S/C24H25F4N3O5S/c1-22(2,32)21-30-29-20(36-21)13-17-8-4-14-12-15(23(3,33)24(26,27)28)5-11-19(14)31(17)37(34,35)18-9-6-16(25)7-10-18/h5-7,9-12,17,32-33H,4,8,13H2,1-3H3/t17-,23?/m0/s1. The van der Waals surface area contributed by atoms with Crippen molar-refractivity contribution in [3.8, 4) is 0 Å². The van der Waals surface area contributed by atoms with Crippen LogP contribution in [0.2, 0.25) is 0 Å². The van der Waals surface area contributed by atoms with Crippen molar-refractivity contribution in [1.29, 1.82) is 0 Å². The summed E-state index contributed by atoms with van der Waals surface area (Å²) in [4.78, 5) is -0.221. The van der Waals surface area contributed by atoms with Crippen LogP contribution < -0.4 is 4.31 Å². The maximum Gasteiger partial charge on any atom is 0.421 e. The van der Waals surface area contributed by atoms with Crippen LogP contribution in [-0.4, -0.2) is 41.0 Å². The Hall–Kier alpha value is -3.03. The summed E-state index contributed by atoms with van der Waals surface area (Å²) in [7, 11) is -4.32. The number of halogens is 4. The molecule has 1 aromatic heterocycles. The first-order valence-corrected chi connectivity index (χ1v) is 12.7. The highest BCUT2D eigenvalue weighted by Gasteiger charge is 2.51. The predicted molar refractivity (Wildman–Crippen MR) is 123 cm³/mol. The van der Waals surface area contributed by atoms with E-state index < -0.39 is 44.8 Å². The summed E-state index contributed by atoms with van der Waals surface area (Å²) in [6.07, 6.45) is -4.63. The minimum Gasteiger partial charge on any atom is -0.422 e. The van der Waals surface area contributed by atoms with Gasteiger partial charge in [-0.3, -0.25) is 4.31 Å². The fraction of sp³-hybridized carbons (Fsp3) is 0.417. The van der Waals surface area contributed by atoms with Crippen LogP contribution in [0.15, 0.2) is 51.8 Å². The zero-order chi connectivity index (χ0) is 27.4. The zero-order valence-electron chi connectivity index (χ0n) is 20.1. The average molecular weight is 544 g/mol. The van der Waals surface area contributed by atoms with Crippen molar-refractivity contribution in [1.82, 2.24) is 10.2 Å². The number of anilines is 1. The molecule has 0 saturated heterocycles. The molecule has 37 heavy (non-hydrogen) atoms. The van der Waals surface area contributed by atoms with Crippen LogP contribution >= 0.6 is 0 Å². The van der Waals surface area contributed by atoms with Gasteiger partial charge in [0.25, 0.3) is 10.0 Å². The van der Waals surface area contributed by atoms with Crippen LogP contribution in [0.4, 0.5) is 23.2 Å². The van der Waals surface area contributed by atoms with Gasteiger partial charge in [0, 0.05) is 6.42 Å². The Labute approximate surface area is 210 Å². The van der Waals surface area contributed by atoms with Gasteiger partial charge in [0.05, 0.1) is 16.6 Å². The van der Waals surface area contributed by atoms with E-state index in [1.807, 2.05) is 0 Å². The number of aliphatic hydroxyl groups is 2. The van der Waals surface area contributed by atoms with Crippen molar-refractivity contribution >= 4 is 15.7 Å². The molecular weight excluding hydrogens is 518 g/mol. The van der Waals surface area contributed by atoms with E-state index in [2.05, 4.69) is 10.2 Å². The van der Waals surface area contributed by atoms with Gasteiger partial charge >= 0.3 is 6.18 Å². The molecule has 0 aliphatic carbocycles. The third-order valence-electron chi connectivity index (χ3n) is 6.28. The molecule has 1 unspecified atom stereocenters. The molecule has 0 fully saturated rings. The first-order valence-electron chi connectivity index (χ1n) is 11.3. The van der Waals surface area contributed by atoms with Crippen LogP contribution in [0.5, 0.6) is 0 Å². The summed E-state index contributed by atoms with van der Waals surface area (Å²) in [6, 6.07) is 6.77. The quantitative estimate of drug-likeness (QED) is 0.452. The largest absolute Gasteiger partial charge is 0.422 e. The summed E-state index contributed by atoms with van der Waals surface area (Å²) in [5, 5.41) is 27.9. The lowest BCUT2D eigenvalue weighted by Gasteiger charge is -2.38. The Bertz CT molecular complexity index is 1400. The van der Waals surface area contributed by atoms with Crippen molar-refractivity contribution in [2.45, 2.75) is 68.3 Å². The maximum absolute atomic E-state index is 13.7. The lowest BCUT2D eigenvalue weighted by Crippen LogP contribution is -2.45. The summed E-state index contributed by atoms with van der Waals surface area (Å²) in [5.74, 6) is -0.647. The molecular formula is C24H25F4N3O5S. The Kier molecular flexibility index (Phi) is 6.62. The third-order valence-corrected chi connectivity index (χ3v) is 8.16. The highest BCUT2D eigenvalue weighted by atomic mass is 32.2. The Morgan fingerprint density at radius 3 is 2.27 bits per heavy atom. The lowest BCUT2D eigenvalue weighted by atomic mass is 9.89. The average Bonchev–Trinajstić information content (AvgIpc) is 3.27. The van der Waals surface area contributed by atoms with Crippen LogP contribution in [0, 0.1) is 5.82 Å². The van der Waals surface area contributed by atoms with Gasteiger partial charge in [0.15, 0.2) is 5.60 Å². The van der Waals surface area contributed by atoms with Crippen molar-refractivity contribution in [2.75, 3.05) is 4.31 Å². The van der Waals surface area contributed by atoms with Gasteiger partial charge in [-0.1, -0.05) is 12.1 Å². The number of sulfonamides is 1. The number of hydrogen-bond acceptors (Lipinski definition) is 7. The molecule has 0 saturated carbocycles. The van der Waals surface area contributed by atoms with Crippen molar-refractivity contribution in [2.24, 2.45) is 0 Å². The van der Waals surface area contributed by atoms with Crippen molar-refractivity contribution < 1.29 is 40.6 Å². The Balaban J connectivity index is 1.80. The second-order valence-corrected chi connectivity index (χ2v) is 11.4. The molecule has 0 spiro atoms. The van der Waals surface area contributed by atoms with E-state index in [0.717, 1.165) is 40.7 Å². The molecule has 3 aromatic rings. The number of aryl methyl sites for hydroxylation is 1. The second-order valence-electron chi connectivity index (χ2n) is 9.62. The number of hydrogen-bond donors (Lipinski definition) is 2. The number of aromatic nitrogens is 2. The molecule has 1 aliphatic heterocycles. The number of rotatable bonds is 6. The van der Waals surface area contributed by atoms with Gasteiger partial charge in [0.1, 0.15) is 11.4 Å². The summed E-state index contributed by atoms with van der Waals surface area (Å²) in [6.45, 7) is 3.52. The van der Waals surface area contributed by atoms with Gasteiger partial charge in [-0.2, -0.15) is 13.2 Å². The molecule has 13 heteroatoms. The highest BCUT2D eigenvalue weighted by Crippen LogP contribution is 2.43. The number of nitrogens with zero attached hydrogens (tertiary/aromatic N) is 3. The van der Waals surface area contributed by atoms with Crippen LogP contribution in [0.1, 0.15) is 50.1 Å². The van der Waals surface area contributed by atoms with Crippen molar-refractivity contribution in [3.05, 3.63) is 71.2 Å². The van der Waals surface area contributed by atoms with E-state index in [-0.39, 0.29) is 47.2 Å². The first-order chi connectivity index (χ1) is 17.0. The van der Waals surface area contributed by atoms with Gasteiger partial charge in [-0.05, 0) is 75.1 Å². The van der Waals surface area contributed by atoms with E-state index in [9.17, 15) is 36.2 Å². The van der Waals surface area contributed by atoms with Gasteiger partial charge in [-0.15, -0.1) is 10.2 Å². The predicted octanol–water partition coefficient (Wildman–Crippen LogP) is 3.96.